The molecule has 2 aromatic heterocycles. The van der Waals surface area contributed by atoms with Gasteiger partial charge < -0.3 is 30.0 Å². The smallest absolute Gasteiger partial charge is 0.261 e. The van der Waals surface area contributed by atoms with Crippen LogP contribution in [-0.2, 0) is 0 Å². The number of benzene rings is 2. The minimum Gasteiger partial charge on any atom is -0.379 e. The highest BCUT2D eigenvalue weighted by atomic mass is 19.1. The summed E-state index contributed by atoms with van der Waals surface area (Å²) in [7, 11) is 4.13. The normalized spacial score (nSPS) is 25.2. The van der Waals surface area contributed by atoms with Gasteiger partial charge in [0.1, 0.15) is 17.2 Å². The summed E-state index contributed by atoms with van der Waals surface area (Å²) < 4.78 is 15.8. The third kappa shape index (κ3) is 3.96. The molecule has 4 aromatic rings. The van der Waals surface area contributed by atoms with Crippen LogP contribution in [0.15, 0.2) is 41.2 Å². The minimum atomic E-state index is -0.267. The van der Waals surface area contributed by atoms with Crippen LogP contribution in [0.3, 0.4) is 0 Å². The Balaban J connectivity index is 1.37. The number of aromatic amines is 2. The van der Waals surface area contributed by atoms with Gasteiger partial charge >= 0.3 is 0 Å². The van der Waals surface area contributed by atoms with Crippen LogP contribution in [0.4, 0.5) is 15.8 Å². The predicted molar refractivity (Wildman–Crippen MR) is 150 cm³/mol. The van der Waals surface area contributed by atoms with Crippen LogP contribution in [0, 0.1) is 11.7 Å². The Morgan fingerprint density at radius 2 is 1.84 bits per heavy atom. The van der Waals surface area contributed by atoms with E-state index in [4.69, 9.17) is 4.98 Å². The Morgan fingerprint density at radius 3 is 2.55 bits per heavy atom. The number of nitrogens with one attached hydrogen (secondary N) is 3. The molecule has 0 radical (unpaired) electrons. The topological polar surface area (TPSA) is 83.3 Å². The lowest BCUT2D eigenvalue weighted by atomic mass is 9.83. The highest BCUT2D eigenvalue weighted by molar-refractivity contribution is 6.00. The van der Waals surface area contributed by atoms with Crippen molar-refractivity contribution in [3.63, 3.8) is 0 Å². The zero-order chi connectivity index (χ0) is 26.0. The summed E-state index contributed by atoms with van der Waals surface area (Å²) in [6.07, 6.45) is 3.26. The van der Waals surface area contributed by atoms with Gasteiger partial charge in [0, 0.05) is 37.1 Å². The number of hydrogen-bond donors (Lipinski definition) is 3. The van der Waals surface area contributed by atoms with Crippen LogP contribution in [0.5, 0.6) is 0 Å². The number of aromatic nitrogens is 3. The van der Waals surface area contributed by atoms with Crippen LogP contribution in [-0.4, -0.2) is 83.7 Å². The fourth-order valence-electron chi connectivity index (χ4n) is 6.69. The molecule has 2 bridgehead atoms. The number of anilines is 2. The molecule has 3 N–H and O–H groups in total. The maximum absolute atomic E-state index is 15.8. The number of fused-ring (bicyclic) bond motifs is 5. The SMILES string of the molecule is CN(C)[C@@H]1CCN(c2cc3[nH]c(=O)c(-c4nc5ccccc5[nH]4)c(N[C@@H]4CN5CCC4CC5)c3cc2F)C1. The van der Waals surface area contributed by atoms with Gasteiger partial charge in [0.2, 0.25) is 0 Å². The number of halogens is 1. The van der Waals surface area contributed by atoms with Crippen LogP contribution >= 0.6 is 0 Å². The number of para-hydroxylation sites is 2. The fraction of sp³-hybridized carbons (Fsp3) is 0.448. The number of likely N-dealkylation sites (N-methyl/N-ethyl adjacent to an activating group) is 1. The average Bonchev–Trinajstić information content (AvgIpc) is 3.57. The Morgan fingerprint density at radius 1 is 1.03 bits per heavy atom. The molecular weight excluding hydrogens is 481 g/mol. The molecule has 4 fully saturated rings. The lowest BCUT2D eigenvalue weighted by molar-refractivity contribution is 0.0976. The monoisotopic (exact) mass is 515 g/mol. The number of piperidine rings is 3. The largest absolute Gasteiger partial charge is 0.379 e. The second-order valence-electron chi connectivity index (χ2n) is 11.4. The van der Waals surface area contributed by atoms with Crippen molar-refractivity contribution >= 4 is 33.3 Å². The highest BCUT2D eigenvalue weighted by Crippen LogP contribution is 2.38. The van der Waals surface area contributed by atoms with Gasteiger partial charge in [-0.1, -0.05) is 12.1 Å². The van der Waals surface area contributed by atoms with E-state index in [2.05, 4.69) is 44.1 Å². The number of rotatable bonds is 5. The van der Waals surface area contributed by atoms with Gasteiger partial charge in [-0.3, -0.25) is 4.79 Å². The van der Waals surface area contributed by atoms with Crippen molar-refractivity contribution in [2.45, 2.75) is 31.3 Å². The molecule has 4 saturated heterocycles. The zero-order valence-electron chi connectivity index (χ0n) is 21.9. The first-order valence-corrected chi connectivity index (χ1v) is 13.7. The zero-order valence-corrected chi connectivity index (χ0v) is 21.9. The van der Waals surface area contributed by atoms with E-state index in [-0.39, 0.29) is 17.4 Å². The second-order valence-corrected chi connectivity index (χ2v) is 11.4. The Hall–Kier alpha value is -3.43. The van der Waals surface area contributed by atoms with Crippen LogP contribution < -0.4 is 15.8 Å². The molecule has 198 valence electrons. The lowest BCUT2D eigenvalue weighted by Gasteiger charge is -2.45. The van der Waals surface area contributed by atoms with E-state index in [1.807, 2.05) is 30.3 Å². The van der Waals surface area contributed by atoms with Gasteiger partial charge in [0.15, 0.2) is 0 Å². The van der Waals surface area contributed by atoms with Crippen molar-refractivity contribution in [2.24, 2.45) is 5.92 Å². The molecule has 0 saturated carbocycles. The number of nitrogens with zero attached hydrogens (tertiary/aromatic N) is 4. The summed E-state index contributed by atoms with van der Waals surface area (Å²) in [6, 6.07) is 11.7. The maximum Gasteiger partial charge on any atom is 0.261 e. The van der Waals surface area contributed by atoms with E-state index in [0.29, 0.717) is 45.6 Å². The van der Waals surface area contributed by atoms with Gasteiger partial charge in [-0.15, -0.1) is 0 Å². The molecule has 0 unspecified atom stereocenters. The van der Waals surface area contributed by atoms with E-state index >= 15 is 4.39 Å². The van der Waals surface area contributed by atoms with Gasteiger partial charge in [0.25, 0.3) is 5.56 Å². The highest BCUT2D eigenvalue weighted by Gasteiger charge is 2.35. The molecule has 0 amide bonds. The summed E-state index contributed by atoms with van der Waals surface area (Å²) in [4.78, 5) is 31.6. The van der Waals surface area contributed by atoms with Crippen molar-refractivity contribution in [2.75, 3.05) is 57.0 Å². The molecular formula is C29H34FN7O. The molecule has 38 heavy (non-hydrogen) atoms. The Labute approximate surface area is 220 Å². The van der Waals surface area contributed by atoms with E-state index in [1.165, 1.54) is 0 Å². The first kappa shape index (κ1) is 23.7. The molecule has 9 heteroatoms. The molecule has 2 atom stereocenters. The summed E-state index contributed by atoms with van der Waals surface area (Å²) >= 11 is 0. The number of pyridine rings is 1. The Bertz CT molecular complexity index is 1540. The van der Waals surface area contributed by atoms with Crippen LogP contribution in [0.25, 0.3) is 33.3 Å². The summed E-state index contributed by atoms with van der Waals surface area (Å²) in [5.74, 6) is 0.766. The number of H-pyrrole nitrogens is 2. The van der Waals surface area contributed by atoms with Gasteiger partial charge in [0.05, 0.1) is 27.9 Å². The number of imidazole rings is 1. The van der Waals surface area contributed by atoms with Gasteiger partial charge in [-0.2, -0.15) is 0 Å². The van der Waals surface area contributed by atoms with Crippen molar-refractivity contribution in [3.05, 3.63) is 52.6 Å². The lowest BCUT2D eigenvalue weighted by Crippen LogP contribution is -2.53. The molecule has 0 spiro atoms. The van der Waals surface area contributed by atoms with Gasteiger partial charge in [-0.05, 0) is 76.6 Å². The van der Waals surface area contributed by atoms with Crippen molar-refractivity contribution in [3.8, 4) is 11.4 Å². The third-order valence-electron chi connectivity index (χ3n) is 8.93. The van der Waals surface area contributed by atoms with E-state index in [1.54, 1.807) is 6.07 Å². The Kier molecular flexibility index (Phi) is 5.67. The van der Waals surface area contributed by atoms with Crippen molar-refractivity contribution in [1.29, 1.82) is 0 Å². The molecule has 8 rings (SSSR count). The number of hydrogen-bond acceptors (Lipinski definition) is 6. The summed E-state index contributed by atoms with van der Waals surface area (Å²) in [5.41, 5.74) is 3.71. The molecule has 6 heterocycles. The molecule has 2 aromatic carbocycles. The predicted octanol–water partition coefficient (Wildman–Crippen LogP) is 3.86. The molecule has 4 aliphatic rings. The van der Waals surface area contributed by atoms with Crippen LogP contribution in [0.2, 0.25) is 0 Å². The second kappa shape index (κ2) is 9.10. The van der Waals surface area contributed by atoms with Crippen LogP contribution in [0.1, 0.15) is 19.3 Å². The van der Waals surface area contributed by atoms with Crippen molar-refractivity contribution < 1.29 is 4.39 Å². The molecule has 0 aliphatic carbocycles. The summed E-state index contributed by atoms with van der Waals surface area (Å²) in [6.45, 7) is 4.73. The maximum atomic E-state index is 15.8. The third-order valence-corrected chi connectivity index (χ3v) is 8.93. The van der Waals surface area contributed by atoms with E-state index < -0.39 is 0 Å². The average molecular weight is 516 g/mol. The summed E-state index contributed by atoms with van der Waals surface area (Å²) in [5, 5.41) is 4.42. The first-order chi connectivity index (χ1) is 18.4. The van der Waals surface area contributed by atoms with Gasteiger partial charge in [-0.25, -0.2) is 9.37 Å². The van der Waals surface area contributed by atoms with Crippen molar-refractivity contribution in [1.82, 2.24) is 24.8 Å². The standard InChI is InChI=1S/C29H34FN7O/c1-35(2)18-9-12-37(15-18)25-14-23-19(13-20(25)30)27(31-24-16-36-10-7-17(24)8-11-36)26(29(38)34-23)28-32-21-5-3-4-6-22(21)33-28/h3-6,13-14,17-18,24H,7-12,15-16H2,1-2H3,(H,32,33)(H2,31,34,38)/t18-,24-/m1/s1. The van der Waals surface area contributed by atoms with E-state index in [9.17, 15) is 4.79 Å². The quantitative estimate of drug-likeness (QED) is 0.375. The van der Waals surface area contributed by atoms with E-state index in [0.717, 1.165) is 63.0 Å². The molecule has 8 nitrogen and oxygen atoms in total. The minimum absolute atomic E-state index is 0.202. The first-order valence-electron chi connectivity index (χ1n) is 13.7. The molecule has 4 aliphatic heterocycles. The fourth-order valence-corrected chi connectivity index (χ4v) is 6.69.